The molecule has 1 aromatic heterocycles. The van der Waals surface area contributed by atoms with Gasteiger partial charge in [0.2, 0.25) is 12.7 Å². The maximum atomic E-state index is 6.20. The van der Waals surface area contributed by atoms with Crippen LogP contribution in [0.4, 0.5) is 23.1 Å². The molecule has 2 N–H and O–H groups in total. The second kappa shape index (κ2) is 6.90. The van der Waals surface area contributed by atoms with Gasteiger partial charge in [0.15, 0.2) is 11.5 Å². The van der Waals surface area contributed by atoms with Crippen LogP contribution in [-0.2, 0) is 0 Å². The third-order valence-electron chi connectivity index (χ3n) is 3.70. The summed E-state index contributed by atoms with van der Waals surface area (Å²) in [6.45, 7) is 2.12. The lowest BCUT2D eigenvalue weighted by Crippen LogP contribution is -2.03. The lowest BCUT2D eigenvalue weighted by Gasteiger charge is -2.12. The average Bonchev–Trinajstić information content (AvgIpc) is 3.05. The number of aryl methyl sites for hydroxylation is 1. The third kappa shape index (κ3) is 3.47. The molecule has 0 atom stereocenters. The summed E-state index contributed by atoms with van der Waals surface area (Å²) >= 11 is 12.4. The molecule has 0 bridgehead atoms. The maximum absolute atomic E-state index is 6.20. The topological polar surface area (TPSA) is 68.3 Å². The zero-order valence-corrected chi connectivity index (χ0v) is 15.2. The van der Waals surface area contributed by atoms with Crippen molar-refractivity contribution in [3.8, 4) is 11.5 Å². The second-order valence-corrected chi connectivity index (χ2v) is 6.45. The van der Waals surface area contributed by atoms with Crippen molar-refractivity contribution < 1.29 is 9.47 Å². The molecule has 3 aromatic rings. The molecule has 0 fully saturated rings. The summed E-state index contributed by atoms with van der Waals surface area (Å²) in [7, 11) is 0. The van der Waals surface area contributed by atoms with Gasteiger partial charge in [-0.1, -0.05) is 29.3 Å². The zero-order valence-electron chi connectivity index (χ0n) is 13.7. The number of para-hydroxylation sites is 1. The van der Waals surface area contributed by atoms with E-state index in [1.54, 1.807) is 18.2 Å². The number of halogens is 2. The Labute approximate surface area is 160 Å². The predicted octanol–water partition coefficient (Wildman–Crippen LogP) is 5.31. The zero-order chi connectivity index (χ0) is 18.1. The highest BCUT2D eigenvalue weighted by molar-refractivity contribution is 6.39. The fourth-order valence-corrected chi connectivity index (χ4v) is 3.03. The van der Waals surface area contributed by atoms with Gasteiger partial charge in [-0.05, 0) is 31.2 Å². The normalized spacial score (nSPS) is 12.1. The van der Waals surface area contributed by atoms with E-state index >= 15 is 0 Å². The van der Waals surface area contributed by atoms with Gasteiger partial charge < -0.3 is 20.1 Å². The van der Waals surface area contributed by atoms with Gasteiger partial charge in [-0.15, -0.1) is 0 Å². The van der Waals surface area contributed by atoms with Crippen LogP contribution in [0.3, 0.4) is 0 Å². The van der Waals surface area contributed by atoms with E-state index in [2.05, 4.69) is 20.6 Å². The Morgan fingerprint density at radius 1 is 0.923 bits per heavy atom. The van der Waals surface area contributed by atoms with Crippen LogP contribution in [0.1, 0.15) is 5.69 Å². The number of ether oxygens (including phenoxy) is 2. The summed E-state index contributed by atoms with van der Waals surface area (Å²) in [5.74, 6) is 2.44. The molecular formula is C18H14Cl2N4O2. The Balaban J connectivity index is 1.60. The number of aromatic nitrogens is 2. The molecule has 0 unspecified atom stereocenters. The van der Waals surface area contributed by atoms with Gasteiger partial charge in [0.05, 0.1) is 15.7 Å². The molecule has 1 aliphatic heterocycles. The molecular weight excluding hydrogens is 375 g/mol. The number of nitrogens with zero attached hydrogens (tertiary/aromatic N) is 2. The highest BCUT2D eigenvalue weighted by Gasteiger charge is 2.14. The van der Waals surface area contributed by atoms with E-state index in [1.807, 2.05) is 31.2 Å². The number of hydrogen-bond donors (Lipinski definition) is 2. The van der Waals surface area contributed by atoms with Crippen LogP contribution in [0.2, 0.25) is 10.0 Å². The van der Waals surface area contributed by atoms with Crippen LogP contribution in [0.25, 0.3) is 0 Å². The van der Waals surface area contributed by atoms with Gasteiger partial charge in [0, 0.05) is 23.5 Å². The van der Waals surface area contributed by atoms with E-state index in [4.69, 9.17) is 32.7 Å². The molecule has 4 rings (SSSR count). The first-order valence-corrected chi connectivity index (χ1v) is 8.57. The first kappa shape index (κ1) is 16.8. The highest BCUT2D eigenvalue weighted by atomic mass is 35.5. The van der Waals surface area contributed by atoms with Crippen molar-refractivity contribution in [1.82, 2.24) is 9.97 Å². The van der Waals surface area contributed by atoms with Crippen molar-refractivity contribution in [3.63, 3.8) is 0 Å². The van der Waals surface area contributed by atoms with E-state index in [0.717, 1.165) is 17.1 Å². The standard InChI is InChI=1S/C18H14Cl2N4O2/c1-10-7-16(22-11-5-6-14-15(8-11)26-9-25-14)23-18(21-10)24-17-12(19)3-2-4-13(17)20/h2-8H,9H2,1H3,(H2,21,22,23,24). The summed E-state index contributed by atoms with van der Waals surface area (Å²) in [4.78, 5) is 8.86. The number of anilines is 4. The SMILES string of the molecule is Cc1cc(Nc2ccc3c(c2)OCO3)nc(Nc2c(Cl)cccc2Cl)n1. The van der Waals surface area contributed by atoms with Gasteiger partial charge in [-0.25, -0.2) is 4.98 Å². The van der Waals surface area contributed by atoms with Crippen molar-refractivity contribution in [2.45, 2.75) is 6.92 Å². The molecule has 0 saturated carbocycles. The number of benzene rings is 2. The Morgan fingerprint density at radius 3 is 2.50 bits per heavy atom. The van der Waals surface area contributed by atoms with Gasteiger partial charge >= 0.3 is 0 Å². The van der Waals surface area contributed by atoms with Crippen LogP contribution in [0.15, 0.2) is 42.5 Å². The van der Waals surface area contributed by atoms with Crippen molar-refractivity contribution >= 4 is 46.3 Å². The lowest BCUT2D eigenvalue weighted by atomic mass is 10.2. The van der Waals surface area contributed by atoms with Crippen LogP contribution >= 0.6 is 23.2 Å². The summed E-state index contributed by atoms with van der Waals surface area (Å²) in [6.07, 6.45) is 0. The fraction of sp³-hybridized carbons (Fsp3) is 0.111. The molecule has 0 aliphatic carbocycles. The van der Waals surface area contributed by atoms with Crippen molar-refractivity contribution in [2.75, 3.05) is 17.4 Å². The molecule has 132 valence electrons. The Kier molecular flexibility index (Phi) is 4.44. The first-order valence-electron chi connectivity index (χ1n) is 7.82. The smallest absolute Gasteiger partial charge is 0.231 e. The van der Waals surface area contributed by atoms with Crippen LogP contribution < -0.4 is 20.1 Å². The largest absolute Gasteiger partial charge is 0.454 e. The minimum atomic E-state index is 0.234. The summed E-state index contributed by atoms with van der Waals surface area (Å²) < 4.78 is 10.7. The molecule has 8 heteroatoms. The quantitative estimate of drug-likeness (QED) is 0.631. The predicted molar refractivity (Wildman–Crippen MR) is 102 cm³/mol. The molecule has 0 spiro atoms. The average molecular weight is 389 g/mol. The molecule has 6 nitrogen and oxygen atoms in total. The minimum Gasteiger partial charge on any atom is -0.454 e. The summed E-state index contributed by atoms with van der Waals surface area (Å²) in [5, 5.41) is 7.30. The van der Waals surface area contributed by atoms with Crippen LogP contribution in [0, 0.1) is 6.92 Å². The Hall–Kier alpha value is -2.70. The monoisotopic (exact) mass is 388 g/mol. The van der Waals surface area contributed by atoms with E-state index in [-0.39, 0.29) is 6.79 Å². The van der Waals surface area contributed by atoms with Crippen molar-refractivity contribution in [2.24, 2.45) is 0 Å². The van der Waals surface area contributed by atoms with Crippen LogP contribution in [0.5, 0.6) is 11.5 Å². The van der Waals surface area contributed by atoms with Crippen molar-refractivity contribution in [1.29, 1.82) is 0 Å². The van der Waals surface area contributed by atoms with E-state index in [1.165, 1.54) is 0 Å². The molecule has 0 radical (unpaired) electrons. The molecule has 1 aliphatic rings. The van der Waals surface area contributed by atoms with Gasteiger partial charge in [0.1, 0.15) is 5.82 Å². The Bertz CT molecular complexity index is 961. The first-order chi connectivity index (χ1) is 12.6. The van der Waals surface area contributed by atoms with E-state index in [0.29, 0.717) is 33.2 Å². The maximum Gasteiger partial charge on any atom is 0.231 e. The summed E-state index contributed by atoms with van der Waals surface area (Å²) in [6, 6.07) is 12.7. The van der Waals surface area contributed by atoms with Gasteiger partial charge in [0.25, 0.3) is 0 Å². The van der Waals surface area contributed by atoms with E-state index < -0.39 is 0 Å². The van der Waals surface area contributed by atoms with E-state index in [9.17, 15) is 0 Å². The Morgan fingerprint density at radius 2 is 1.69 bits per heavy atom. The lowest BCUT2D eigenvalue weighted by molar-refractivity contribution is 0.174. The fourth-order valence-electron chi connectivity index (χ4n) is 2.54. The molecule has 2 aromatic carbocycles. The van der Waals surface area contributed by atoms with Crippen molar-refractivity contribution in [3.05, 3.63) is 58.2 Å². The van der Waals surface area contributed by atoms with Gasteiger partial charge in [-0.3, -0.25) is 0 Å². The second-order valence-electron chi connectivity index (χ2n) is 5.63. The third-order valence-corrected chi connectivity index (χ3v) is 4.33. The molecule has 26 heavy (non-hydrogen) atoms. The number of nitrogens with one attached hydrogen (secondary N) is 2. The number of hydrogen-bond acceptors (Lipinski definition) is 6. The summed E-state index contributed by atoms with van der Waals surface area (Å²) in [5.41, 5.74) is 2.18. The van der Waals surface area contributed by atoms with Gasteiger partial charge in [-0.2, -0.15) is 4.98 Å². The number of rotatable bonds is 4. The highest BCUT2D eigenvalue weighted by Crippen LogP contribution is 2.35. The molecule has 0 amide bonds. The molecule has 2 heterocycles. The number of fused-ring (bicyclic) bond motifs is 1. The molecule has 0 saturated heterocycles. The van der Waals surface area contributed by atoms with Crippen LogP contribution in [-0.4, -0.2) is 16.8 Å². The minimum absolute atomic E-state index is 0.234.